The summed E-state index contributed by atoms with van der Waals surface area (Å²) in [6.45, 7) is 42.6. The third-order valence-electron chi connectivity index (χ3n) is 12.8. The van der Waals surface area contributed by atoms with Crippen LogP contribution in [0.3, 0.4) is 0 Å². The van der Waals surface area contributed by atoms with Crippen molar-refractivity contribution in [3.63, 3.8) is 0 Å². The van der Waals surface area contributed by atoms with E-state index >= 15 is 0 Å². The molecule has 0 bridgehead atoms. The lowest BCUT2D eigenvalue weighted by Crippen LogP contribution is -2.54. The topological polar surface area (TPSA) is 114 Å². The minimum absolute atomic E-state index is 0.00649. The van der Waals surface area contributed by atoms with E-state index in [9.17, 15) is 4.79 Å². The number of ether oxygens (including phenoxy) is 1. The first kappa shape index (κ1) is 46.0. The van der Waals surface area contributed by atoms with E-state index in [0.717, 1.165) is 5.56 Å². The average Bonchev–Trinajstić information content (AvgIpc) is 3.62. The van der Waals surface area contributed by atoms with Crippen molar-refractivity contribution in [2.45, 2.75) is 181 Å². The minimum Gasteiger partial charge on any atom is -0.421 e. The maximum absolute atomic E-state index is 14.8. The van der Waals surface area contributed by atoms with E-state index in [1.807, 2.05) is 34.9 Å². The van der Waals surface area contributed by atoms with Gasteiger partial charge < -0.3 is 22.5 Å². The Bertz CT molecular complexity index is 1970. The molecular weight excluding hydrogens is 788 g/mol. The highest BCUT2D eigenvalue weighted by Crippen LogP contribution is 2.51. The van der Waals surface area contributed by atoms with Crippen LogP contribution in [0.5, 0.6) is 0 Å². The molecule has 2 aliphatic heterocycles. The summed E-state index contributed by atoms with van der Waals surface area (Å²) in [5, 5.41) is -0.157. The van der Waals surface area contributed by atoms with Gasteiger partial charge in [0.25, 0.3) is 14.0 Å². The molecule has 0 aliphatic carbocycles. The molecule has 5 atom stereocenters. The van der Waals surface area contributed by atoms with Gasteiger partial charge in [-0.25, -0.2) is 14.0 Å². The first-order chi connectivity index (χ1) is 26.0. The van der Waals surface area contributed by atoms with E-state index < -0.39 is 57.9 Å². The summed E-state index contributed by atoms with van der Waals surface area (Å²) < 4.78 is 41.2. The number of nitrogens with zero attached hydrogens (tertiary/aromatic N) is 6. The Morgan fingerprint density at radius 2 is 1.33 bits per heavy atom. The molecule has 0 saturated carbocycles. The maximum atomic E-state index is 14.8. The van der Waals surface area contributed by atoms with E-state index in [2.05, 4.69) is 134 Å². The molecule has 1 saturated heterocycles. The number of aromatic nitrogens is 4. The zero-order valence-electron chi connectivity index (χ0n) is 38.2. The van der Waals surface area contributed by atoms with Crippen molar-refractivity contribution in [3.8, 4) is 0 Å². The van der Waals surface area contributed by atoms with Crippen molar-refractivity contribution in [2.24, 2.45) is 4.99 Å². The molecule has 0 spiro atoms. The summed E-state index contributed by atoms with van der Waals surface area (Å²) in [5.74, 6) is 0.691. The molecule has 5 rings (SSSR count). The quantitative estimate of drug-likeness (QED) is 0.130. The highest BCUT2D eigenvalue weighted by molar-refractivity contribution is 7.49. The number of benzene rings is 1. The molecule has 0 N–H and O–H groups in total. The Kier molecular flexibility index (Phi) is 13.0. The van der Waals surface area contributed by atoms with Crippen LogP contribution in [0.1, 0.15) is 102 Å². The predicted molar refractivity (Wildman–Crippen MR) is 241 cm³/mol. The number of fused-ring (bicyclic) bond motifs is 2. The van der Waals surface area contributed by atoms with Crippen molar-refractivity contribution >= 4 is 56.4 Å². The molecule has 1 aromatic carbocycles. The Labute approximate surface area is 346 Å². The second-order valence-electron chi connectivity index (χ2n) is 20.9. The van der Waals surface area contributed by atoms with Crippen LogP contribution in [0.2, 0.25) is 54.4 Å². The fraction of sp³-hybridized carbons (Fsp3) is 0.707. The second kappa shape index (κ2) is 16.1. The molecule has 0 radical (unpaired) electrons. The fourth-order valence-corrected chi connectivity index (χ4v) is 11.9. The van der Waals surface area contributed by atoms with Crippen LogP contribution in [-0.2, 0) is 22.5 Å². The first-order valence-corrected chi connectivity index (χ1v) is 30.4. The fourth-order valence-electron chi connectivity index (χ4n) is 6.31. The number of imidazole rings is 1. The van der Waals surface area contributed by atoms with E-state index in [1.54, 1.807) is 10.7 Å². The number of rotatable bonds is 12. The van der Waals surface area contributed by atoms with Crippen LogP contribution in [0.25, 0.3) is 11.2 Å². The van der Waals surface area contributed by atoms with Gasteiger partial charge in [-0.2, -0.15) is 9.98 Å². The van der Waals surface area contributed by atoms with Crippen LogP contribution in [0.15, 0.2) is 46.4 Å². The molecule has 1 fully saturated rings. The molecule has 318 valence electrons. The van der Waals surface area contributed by atoms with Crippen LogP contribution < -0.4 is 5.56 Å². The summed E-state index contributed by atoms with van der Waals surface area (Å²) in [6.07, 6.45) is -0.457. The van der Waals surface area contributed by atoms with Gasteiger partial charge in [0.05, 0.1) is 12.9 Å². The van der Waals surface area contributed by atoms with Crippen molar-refractivity contribution in [1.29, 1.82) is 0 Å². The number of aliphatic imine (C=N–C) groups is 1. The Balaban J connectivity index is 1.73. The van der Waals surface area contributed by atoms with E-state index in [1.165, 1.54) is 0 Å². The van der Waals surface area contributed by atoms with E-state index in [0.29, 0.717) is 18.2 Å². The summed E-state index contributed by atoms with van der Waals surface area (Å²) >= 11 is 0. The highest BCUT2D eigenvalue weighted by atomic mass is 31.2. The van der Waals surface area contributed by atoms with Gasteiger partial charge in [0.2, 0.25) is 11.8 Å². The third-order valence-corrected chi connectivity index (χ3v) is 28.6. The zero-order valence-corrected chi connectivity index (χ0v) is 42.1. The third kappa shape index (κ3) is 9.17. The molecule has 2 aliphatic rings. The SMILES string of the molecule is CC(C)N(C(C)C)P1OC(c2ccccc2)=Nc2nc3c(ncn3[C@@H]3O[C@H](CO[Si](C)(C)C(C)(C)C)[C@@H](O[Si](C)(C)C(C)(C)C)[C@H]3O[Si](C)(C)C(C)(C)C)c(=O)n21. The molecule has 2 aromatic heterocycles. The Morgan fingerprint density at radius 3 is 1.84 bits per heavy atom. The van der Waals surface area contributed by atoms with Crippen LogP contribution in [0, 0.1) is 0 Å². The van der Waals surface area contributed by atoms with Crippen molar-refractivity contribution in [1.82, 2.24) is 23.5 Å². The van der Waals surface area contributed by atoms with Gasteiger partial charge >= 0.3 is 0 Å². The van der Waals surface area contributed by atoms with Crippen molar-refractivity contribution in [3.05, 3.63) is 52.6 Å². The van der Waals surface area contributed by atoms with Crippen molar-refractivity contribution < 1.29 is 22.5 Å². The normalized spacial score (nSPS) is 22.8. The monoisotopic (exact) mass is 858 g/mol. The van der Waals surface area contributed by atoms with E-state index in [-0.39, 0.29) is 44.2 Å². The highest BCUT2D eigenvalue weighted by Gasteiger charge is 2.55. The van der Waals surface area contributed by atoms with Gasteiger partial charge in [0, 0.05) is 17.6 Å². The zero-order chi connectivity index (χ0) is 42.8. The van der Waals surface area contributed by atoms with Gasteiger partial charge in [-0.05, 0) is 94.2 Å². The van der Waals surface area contributed by atoms with Gasteiger partial charge in [0.15, 0.2) is 42.3 Å². The number of hydrogen-bond donors (Lipinski definition) is 0. The van der Waals surface area contributed by atoms with Gasteiger partial charge in [-0.3, -0.25) is 9.36 Å². The minimum atomic E-state index is -2.44. The molecule has 57 heavy (non-hydrogen) atoms. The van der Waals surface area contributed by atoms with E-state index in [4.69, 9.17) is 37.5 Å². The smallest absolute Gasteiger partial charge is 0.290 e. The van der Waals surface area contributed by atoms with Gasteiger partial charge in [-0.15, -0.1) is 0 Å². The average molecular weight is 859 g/mol. The second-order valence-corrected chi connectivity index (χ2v) is 36.7. The predicted octanol–water partition coefficient (Wildman–Crippen LogP) is 10.6. The largest absolute Gasteiger partial charge is 0.421 e. The lowest BCUT2D eigenvalue weighted by atomic mass is 10.1. The van der Waals surface area contributed by atoms with Crippen LogP contribution in [-0.4, -0.2) is 91.4 Å². The van der Waals surface area contributed by atoms with Crippen molar-refractivity contribution in [2.75, 3.05) is 6.61 Å². The molecule has 16 heteroatoms. The molecule has 1 unspecified atom stereocenters. The number of hydrogen-bond acceptors (Lipinski definition) is 10. The summed E-state index contributed by atoms with van der Waals surface area (Å²) in [4.78, 5) is 29.6. The maximum Gasteiger partial charge on any atom is 0.290 e. The van der Waals surface area contributed by atoms with Crippen LogP contribution >= 0.6 is 8.45 Å². The lowest BCUT2D eigenvalue weighted by Gasteiger charge is -2.44. The molecule has 3 aromatic rings. The summed E-state index contributed by atoms with van der Waals surface area (Å²) in [7, 11) is -8.67. The first-order valence-electron chi connectivity index (χ1n) is 20.5. The Hall–Kier alpha value is -2.08. The van der Waals surface area contributed by atoms with Crippen LogP contribution in [0.4, 0.5) is 5.95 Å². The lowest BCUT2D eigenvalue weighted by molar-refractivity contribution is -0.0470. The molecule has 0 amide bonds. The summed E-state index contributed by atoms with van der Waals surface area (Å²) in [5.41, 5.74) is 1.10. The summed E-state index contributed by atoms with van der Waals surface area (Å²) in [6, 6.07) is 9.92. The molecular formula is C41H71N6O6PSi3. The Morgan fingerprint density at radius 1 is 0.807 bits per heavy atom. The van der Waals surface area contributed by atoms with Gasteiger partial charge in [0.1, 0.15) is 18.3 Å². The molecule has 4 heterocycles. The van der Waals surface area contributed by atoms with Gasteiger partial charge in [-0.1, -0.05) is 80.5 Å². The molecule has 12 nitrogen and oxygen atoms in total. The standard InChI is InChI=1S/C41H71N6O6PSi3/c1-27(2)46(28(3)4)54-47-36(48)31-34(43-38(47)44-35(51-54)29-23-21-20-22-24-29)45(26-42-31)37-33(53-57(18,19)41(11,12)13)32(52-56(16,17)40(8,9)10)30(50-37)25-49-55(14,15)39(5,6)7/h20-24,26-28,30,32-33,37H,25H2,1-19H3/t30-,32-,33-,37-,54?/m1/s1.